The molecule has 0 aromatic carbocycles. The molecule has 0 bridgehead atoms. The van der Waals surface area contributed by atoms with E-state index in [0.717, 1.165) is 5.92 Å². The summed E-state index contributed by atoms with van der Waals surface area (Å²) in [6, 6.07) is 0.525. The van der Waals surface area contributed by atoms with E-state index in [1.165, 1.54) is 25.7 Å². The predicted molar refractivity (Wildman–Crippen MR) is 68.9 cm³/mol. The number of carbonyl (C=O) groups excluding carboxylic acids is 1. The Morgan fingerprint density at radius 1 is 1.35 bits per heavy atom. The molecule has 0 spiro atoms. The van der Waals surface area contributed by atoms with Crippen molar-refractivity contribution in [2.75, 3.05) is 20.3 Å². The van der Waals surface area contributed by atoms with Gasteiger partial charge in [0.2, 0.25) is 5.91 Å². The van der Waals surface area contributed by atoms with E-state index in [9.17, 15) is 4.79 Å². The van der Waals surface area contributed by atoms with Gasteiger partial charge in [-0.3, -0.25) is 4.79 Å². The standard InChI is InChI=1S/C13H26N2O2/c1-10(9-17-3)15-13(16)8-14-11(2)12-6-4-5-7-12/h10-12,14H,4-9H2,1-3H3,(H,15,16)/t10?,11-/m1/s1. The summed E-state index contributed by atoms with van der Waals surface area (Å²) in [5.41, 5.74) is 0. The first-order valence-corrected chi connectivity index (χ1v) is 6.65. The molecule has 1 rings (SSSR count). The van der Waals surface area contributed by atoms with Gasteiger partial charge in [0.25, 0.3) is 0 Å². The van der Waals surface area contributed by atoms with E-state index in [4.69, 9.17) is 4.74 Å². The third-order valence-electron chi connectivity index (χ3n) is 3.52. The van der Waals surface area contributed by atoms with Crippen LogP contribution in [0.1, 0.15) is 39.5 Å². The summed E-state index contributed by atoms with van der Waals surface area (Å²) in [6.45, 7) is 5.10. The molecular formula is C13H26N2O2. The van der Waals surface area contributed by atoms with E-state index in [1.54, 1.807) is 7.11 Å². The Hall–Kier alpha value is -0.610. The average molecular weight is 242 g/mol. The van der Waals surface area contributed by atoms with E-state index >= 15 is 0 Å². The van der Waals surface area contributed by atoms with Gasteiger partial charge < -0.3 is 15.4 Å². The highest BCUT2D eigenvalue weighted by molar-refractivity contribution is 5.78. The molecule has 1 saturated carbocycles. The second-order valence-electron chi connectivity index (χ2n) is 5.14. The minimum absolute atomic E-state index is 0.0550. The number of amides is 1. The van der Waals surface area contributed by atoms with Crippen molar-refractivity contribution in [1.29, 1.82) is 0 Å². The first-order chi connectivity index (χ1) is 8.13. The summed E-state index contributed by atoms with van der Waals surface area (Å²) in [5, 5.41) is 6.22. The zero-order valence-corrected chi connectivity index (χ0v) is 11.3. The van der Waals surface area contributed by atoms with Crippen molar-refractivity contribution in [1.82, 2.24) is 10.6 Å². The monoisotopic (exact) mass is 242 g/mol. The molecule has 0 heterocycles. The number of hydrogen-bond donors (Lipinski definition) is 2. The molecule has 0 aliphatic heterocycles. The fourth-order valence-electron chi connectivity index (χ4n) is 2.50. The quantitative estimate of drug-likeness (QED) is 0.707. The molecule has 2 N–H and O–H groups in total. The van der Waals surface area contributed by atoms with Gasteiger partial charge in [0.15, 0.2) is 0 Å². The molecule has 2 atom stereocenters. The molecule has 0 radical (unpaired) electrons. The molecular weight excluding hydrogens is 216 g/mol. The smallest absolute Gasteiger partial charge is 0.234 e. The van der Waals surface area contributed by atoms with Gasteiger partial charge in [0.05, 0.1) is 13.2 Å². The molecule has 17 heavy (non-hydrogen) atoms. The Morgan fingerprint density at radius 2 is 2.00 bits per heavy atom. The van der Waals surface area contributed by atoms with Crippen LogP contribution in [-0.2, 0) is 9.53 Å². The van der Waals surface area contributed by atoms with Crippen molar-refractivity contribution in [2.24, 2.45) is 5.92 Å². The van der Waals surface area contributed by atoms with Crippen LogP contribution in [0.15, 0.2) is 0 Å². The van der Waals surface area contributed by atoms with Gasteiger partial charge in [-0.2, -0.15) is 0 Å². The second kappa shape index (κ2) is 7.67. The van der Waals surface area contributed by atoms with Crippen LogP contribution in [0.25, 0.3) is 0 Å². The largest absolute Gasteiger partial charge is 0.383 e. The lowest BCUT2D eigenvalue weighted by Crippen LogP contribution is -2.44. The van der Waals surface area contributed by atoms with Crippen LogP contribution in [-0.4, -0.2) is 38.3 Å². The van der Waals surface area contributed by atoms with Crippen molar-refractivity contribution in [2.45, 2.75) is 51.6 Å². The van der Waals surface area contributed by atoms with Crippen molar-refractivity contribution in [3.63, 3.8) is 0 Å². The highest BCUT2D eigenvalue weighted by Gasteiger charge is 2.21. The predicted octanol–water partition coefficient (Wildman–Crippen LogP) is 1.31. The molecule has 100 valence electrons. The van der Waals surface area contributed by atoms with E-state index in [2.05, 4.69) is 17.6 Å². The van der Waals surface area contributed by atoms with E-state index in [1.807, 2.05) is 6.92 Å². The maximum atomic E-state index is 11.6. The van der Waals surface area contributed by atoms with Crippen LogP contribution in [0.3, 0.4) is 0 Å². The lowest BCUT2D eigenvalue weighted by molar-refractivity contribution is -0.121. The zero-order chi connectivity index (χ0) is 12.7. The Kier molecular flexibility index (Phi) is 6.52. The Balaban J connectivity index is 2.14. The SMILES string of the molecule is COCC(C)NC(=O)CN[C@H](C)C1CCCC1. The van der Waals surface area contributed by atoms with E-state index < -0.39 is 0 Å². The molecule has 0 saturated heterocycles. The summed E-state index contributed by atoms with van der Waals surface area (Å²) in [4.78, 5) is 11.6. The van der Waals surface area contributed by atoms with Crippen LogP contribution < -0.4 is 10.6 Å². The minimum Gasteiger partial charge on any atom is -0.383 e. The lowest BCUT2D eigenvalue weighted by Gasteiger charge is -2.21. The van der Waals surface area contributed by atoms with Gasteiger partial charge >= 0.3 is 0 Å². The Bertz CT molecular complexity index is 227. The topological polar surface area (TPSA) is 50.4 Å². The number of methoxy groups -OCH3 is 1. The molecule has 1 aliphatic carbocycles. The van der Waals surface area contributed by atoms with Crippen LogP contribution in [0.4, 0.5) is 0 Å². The van der Waals surface area contributed by atoms with Crippen molar-refractivity contribution < 1.29 is 9.53 Å². The third kappa shape index (κ3) is 5.50. The molecule has 1 amide bonds. The fraction of sp³-hybridized carbons (Fsp3) is 0.923. The van der Waals surface area contributed by atoms with Gasteiger partial charge in [-0.1, -0.05) is 12.8 Å². The molecule has 4 nitrogen and oxygen atoms in total. The molecule has 0 aromatic heterocycles. The van der Waals surface area contributed by atoms with Crippen LogP contribution in [0.5, 0.6) is 0 Å². The van der Waals surface area contributed by atoms with Gasteiger partial charge in [-0.05, 0) is 32.6 Å². The van der Waals surface area contributed by atoms with Gasteiger partial charge in [0, 0.05) is 19.2 Å². The maximum Gasteiger partial charge on any atom is 0.234 e. The normalized spacial score (nSPS) is 20.2. The van der Waals surface area contributed by atoms with Crippen molar-refractivity contribution >= 4 is 5.91 Å². The number of hydrogen-bond acceptors (Lipinski definition) is 3. The molecule has 4 heteroatoms. The van der Waals surface area contributed by atoms with Crippen LogP contribution >= 0.6 is 0 Å². The van der Waals surface area contributed by atoms with Gasteiger partial charge in [0.1, 0.15) is 0 Å². The number of rotatable bonds is 7. The van der Waals surface area contributed by atoms with Crippen LogP contribution in [0.2, 0.25) is 0 Å². The fourth-order valence-corrected chi connectivity index (χ4v) is 2.50. The Morgan fingerprint density at radius 3 is 2.59 bits per heavy atom. The van der Waals surface area contributed by atoms with E-state index in [-0.39, 0.29) is 11.9 Å². The average Bonchev–Trinajstić information content (AvgIpc) is 2.79. The number of carbonyl (C=O) groups is 1. The summed E-state index contributed by atoms with van der Waals surface area (Å²) in [7, 11) is 1.64. The second-order valence-corrected chi connectivity index (χ2v) is 5.14. The summed E-state index contributed by atoms with van der Waals surface area (Å²) >= 11 is 0. The lowest BCUT2D eigenvalue weighted by atomic mass is 10.00. The van der Waals surface area contributed by atoms with Crippen molar-refractivity contribution in [3.05, 3.63) is 0 Å². The molecule has 1 fully saturated rings. The Labute approximate surface area is 104 Å². The minimum atomic E-state index is 0.0550. The first-order valence-electron chi connectivity index (χ1n) is 6.65. The molecule has 1 aliphatic rings. The first kappa shape index (κ1) is 14.5. The molecule has 0 aromatic rings. The van der Waals surface area contributed by atoms with Gasteiger partial charge in [-0.25, -0.2) is 0 Å². The summed E-state index contributed by atoms with van der Waals surface area (Å²) < 4.78 is 4.98. The zero-order valence-electron chi connectivity index (χ0n) is 11.3. The van der Waals surface area contributed by atoms with Crippen molar-refractivity contribution in [3.8, 4) is 0 Å². The summed E-state index contributed by atoms with van der Waals surface area (Å²) in [6.07, 6.45) is 5.28. The number of ether oxygens (including phenoxy) is 1. The van der Waals surface area contributed by atoms with Gasteiger partial charge in [-0.15, -0.1) is 0 Å². The maximum absolute atomic E-state index is 11.6. The highest BCUT2D eigenvalue weighted by atomic mass is 16.5. The summed E-state index contributed by atoms with van der Waals surface area (Å²) in [5.74, 6) is 0.804. The van der Waals surface area contributed by atoms with Crippen LogP contribution in [0, 0.1) is 5.92 Å². The van der Waals surface area contributed by atoms with E-state index in [0.29, 0.717) is 19.2 Å². The third-order valence-corrected chi connectivity index (χ3v) is 3.52. The number of nitrogens with one attached hydrogen (secondary N) is 2. The highest BCUT2D eigenvalue weighted by Crippen LogP contribution is 2.27. The molecule has 1 unspecified atom stereocenters.